The van der Waals surface area contributed by atoms with E-state index in [-0.39, 0.29) is 0 Å². The Morgan fingerprint density at radius 2 is 1.90 bits per heavy atom. The third-order valence-electron chi connectivity index (χ3n) is 5.14. The lowest BCUT2D eigenvalue weighted by Gasteiger charge is -2.16. The van der Waals surface area contributed by atoms with Crippen molar-refractivity contribution in [2.24, 2.45) is 4.99 Å². The standard InChI is InChI=1S/C25H19ClN2O/c26-22-8-2-1-7-21(22)24-12-10-20(29-24)16-18-6-4-14-28-25(18)19-9-11-23-17(15-19)5-3-13-27-23/h1-3,5,7-13,15-16H,4,6,14H2/b18-16+. The number of halogens is 1. The highest BCUT2D eigenvalue weighted by Crippen LogP contribution is 2.31. The van der Waals surface area contributed by atoms with Crippen molar-refractivity contribution < 1.29 is 4.42 Å². The van der Waals surface area contributed by atoms with E-state index in [1.165, 1.54) is 5.57 Å². The Kier molecular flexibility index (Phi) is 4.74. The molecule has 3 heterocycles. The lowest BCUT2D eigenvalue weighted by molar-refractivity contribution is 0.571. The number of pyridine rings is 1. The summed E-state index contributed by atoms with van der Waals surface area (Å²) in [5.74, 6) is 1.58. The number of rotatable bonds is 3. The number of fused-ring (bicyclic) bond motifs is 1. The van der Waals surface area contributed by atoms with Crippen LogP contribution in [0.5, 0.6) is 0 Å². The van der Waals surface area contributed by atoms with Crippen LogP contribution >= 0.6 is 11.6 Å². The first-order valence-corrected chi connectivity index (χ1v) is 10.1. The van der Waals surface area contributed by atoms with Crippen molar-refractivity contribution in [1.29, 1.82) is 0 Å². The molecule has 0 atom stereocenters. The van der Waals surface area contributed by atoms with Gasteiger partial charge in [-0.2, -0.15) is 0 Å². The predicted molar refractivity (Wildman–Crippen MR) is 120 cm³/mol. The minimum atomic E-state index is 0.686. The van der Waals surface area contributed by atoms with Gasteiger partial charge in [0.25, 0.3) is 0 Å². The molecule has 0 saturated heterocycles. The summed E-state index contributed by atoms with van der Waals surface area (Å²) in [6, 6.07) is 22.0. The van der Waals surface area contributed by atoms with Gasteiger partial charge in [0.15, 0.2) is 0 Å². The Bertz CT molecular complexity index is 1250. The van der Waals surface area contributed by atoms with E-state index in [4.69, 9.17) is 21.0 Å². The molecule has 0 radical (unpaired) electrons. The van der Waals surface area contributed by atoms with Crippen molar-refractivity contribution in [2.75, 3.05) is 6.54 Å². The first-order chi connectivity index (χ1) is 14.3. The number of allylic oxidation sites excluding steroid dienone is 1. The number of aromatic nitrogens is 1. The van der Waals surface area contributed by atoms with Crippen molar-refractivity contribution >= 4 is 34.3 Å². The molecular formula is C25H19ClN2O. The van der Waals surface area contributed by atoms with Crippen LogP contribution in [0, 0.1) is 0 Å². The quantitative estimate of drug-likeness (QED) is 0.380. The Balaban J connectivity index is 1.51. The maximum atomic E-state index is 6.31. The molecule has 0 N–H and O–H groups in total. The van der Waals surface area contributed by atoms with Gasteiger partial charge in [0.05, 0.1) is 16.3 Å². The fourth-order valence-electron chi connectivity index (χ4n) is 3.73. The summed E-state index contributed by atoms with van der Waals surface area (Å²) in [6.45, 7) is 0.848. The largest absolute Gasteiger partial charge is 0.457 e. The van der Waals surface area contributed by atoms with E-state index in [2.05, 4.69) is 35.3 Å². The second-order valence-electron chi connectivity index (χ2n) is 7.10. The van der Waals surface area contributed by atoms with E-state index in [1.807, 2.05) is 48.7 Å². The number of nitrogens with zero attached hydrogens (tertiary/aromatic N) is 2. The van der Waals surface area contributed by atoms with Crippen molar-refractivity contribution in [1.82, 2.24) is 4.98 Å². The monoisotopic (exact) mass is 398 g/mol. The van der Waals surface area contributed by atoms with Gasteiger partial charge >= 0.3 is 0 Å². The molecule has 0 spiro atoms. The molecule has 1 aliphatic rings. The minimum absolute atomic E-state index is 0.686. The zero-order valence-electron chi connectivity index (χ0n) is 15.8. The molecule has 0 saturated carbocycles. The predicted octanol–water partition coefficient (Wildman–Crippen LogP) is 6.81. The summed E-state index contributed by atoms with van der Waals surface area (Å²) in [5.41, 5.74) is 5.25. The second-order valence-corrected chi connectivity index (χ2v) is 7.50. The number of hydrogen-bond acceptors (Lipinski definition) is 3. The lowest BCUT2D eigenvalue weighted by atomic mass is 9.94. The Hall–Kier alpha value is -3.17. The molecule has 0 amide bonds. The molecule has 0 unspecified atom stereocenters. The fraction of sp³-hybridized carbons (Fsp3) is 0.120. The van der Waals surface area contributed by atoms with Crippen LogP contribution in [0.15, 0.2) is 87.9 Å². The van der Waals surface area contributed by atoms with Crippen molar-refractivity contribution in [3.63, 3.8) is 0 Å². The lowest BCUT2D eigenvalue weighted by Crippen LogP contribution is -2.11. The van der Waals surface area contributed by atoms with Crippen LogP contribution in [0.2, 0.25) is 5.02 Å². The van der Waals surface area contributed by atoms with E-state index in [0.717, 1.165) is 58.6 Å². The van der Waals surface area contributed by atoms with E-state index >= 15 is 0 Å². The molecule has 142 valence electrons. The smallest absolute Gasteiger partial charge is 0.136 e. The molecule has 3 nitrogen and oxygen atoms in total. The molecule has 2 aromatic carbocycles. The van der Waals surface area contributed by atoms with Crippen LogP contribution in [-0.2, 0) is 0 Å². The third-order valence-corrected chi connectivity index (χ3v) is 5.47. The summed E-state index contributed by atoms with van der Waals surface area (Å²) in [7, 11) is 0. The molecule has 4 heteroatoms. The molecule has 0 bridgehead atoms. The summed E-state index contributed by atoms with van der Waals surface area (Å²) in [6.07, 6.45) is 5.94. The van der Waals surface area contributed by atoms with Crippen LogP contribution in [0.4, 0.5) is 0 Å². The van der Waals surface area contributed by atoms with Gasteiger partial charge in [0.2, 0.25) is 0 Å². The molecule has 0 fully saturated rings. The topological polar surface area (TPSA) is 38.4 Å². The molecular weight excluding hydrogens is 380 g/mol. The Morgan fingerprint density at radius 1 is 0.966 bits per heavy atom. The van der Waals surface area contributed by atoms with Gasteiger partial charge in [-0.3, -0.25) is 9.98 Å². The van der Waals surface area contributed by atoms with Crippen LogP contribution in [-0.4, -0.2) is 17.2 Å². The van der Waals surface area contributed by atoms with Gasteiger partial charge in [-0.05, 0) is 67.0 Å². The molecule has 2 aromatic heterocycles. The van der Waals surface area contributed by atoms with Gasteiger partial charge in [-0.1, -0.05) is 35.9 Å². The summed E-state index contributed by atoms with van der Waals surface area (Å²) >= 11 is 6.31. The van der Waals surface area contributed by atoms with Gasteiger partial charge in [0.1, 0.15) is 11.5 Å². The van der Waals surface area contributed by atoms with Gasteiger partial charge in [0, 0.05) is 29.3 Å². The van der Waals surface area contributed by atoms with Gasteiger partial charge < -0.3 is 4.42 Å². The zero-order valence-corrected chi connectivity index (χ0v) is 16.6. The average molecular weight is 399 g/mol. The molecule has 4 aromatic rings. The molecule has 1 aliphatic heterocycles. The zero-order chi connectivity index (χ0) is 19.6. The maximum absolute atomic E-state index is 6.31. The number of hydrogen-bond donors (Lipinski definition) is 0. The van der Waals surface area contributed by atoms with Gasteiger partial charge in [-0.25, -0.2) is 0 Å². The van der Waals surface area contributed by atoms with E-state index in [0.29, 0.717) is 5.02 Å². The first-order valence-electron chi connectivity index (χ1n) is 9.73. The third kappa shape index (κ3) is 3.62. The SMILES string of the molecule is Clc1ccccc1-c1ccc(/C=C2\CCCN=C2c2ccc3ncccc3c2)o1. The normalized spacial score (nSPS) is 15.6. The van der Waals surface area contributed by atoms with E-state index in [1.54, 1.807) is 0 Å². The number of furan rings is 1. The van der Waals surface area contributed by atoms with Crippen LogP contribution in [0.1, 0.15) is 24.2 Å². The van der Waals surface area contributed by atoms with Crippen LogP contribution < -0.4 is 0 Å². The second kappa shape index (κ2) is 7.69. The highest BCUT2D eigenvalue weighted by Gasteiger charge is 2.16. The van der Waals surface area contributed by atoms with Crippen LogP contribution in [0.3, 0.4) is 0 Å². The summed E-state index contributed by atoms with van der Waals surface area (Å²) < 4.78 is 6.08. The number of benzene rings is 2. The summed E-state index contributed by atoms with van der Waals surface area (Å²) in [5, 5.41) is 1.81. The highest BCUT2D eigenvalue weighted by atomic mass is 35.5. The average Bonchev–Trinajstić information content (AvgIpc) is 3.22. The van der Waals surface area contributed by atoms with Crippen molar-refractivity contribution in [2.45, 2.75) is 12.8 Å². The van der Waals surface area contributed by atoms with E-state index < -0.39 is 0 Å². The molecule has 29 heavy (non-hydrogen) atoms. The Labute approximate surface area is 174 Å². The number of aliphatic imine (C=N–C) groups is 1. The maximum Gasteiger partial charge on any atom is 0.136 e. The molecule has 5 rings (SSSR count). The van der Waals surface area contributed by atoms with Crippen molar-refractivity contribution in [3.8, 4) is 11.3 Å². The highest BCUT2D eigenvalue weighted by molar-refractivity contribution is 6.33. The minimum Gasteiger partial charge on any atom is -0.457 e. The Morgan fingerprint density at radius 3 is 2.83 bits per heavy atom. The van der Waals surface area contributed by atoms with E-state index in [9.17, 15) is 0 Å². The molecule has 0 aliphatic carbocycles. The van der Waals surface area contributed by atoms with Crippen molar-refractivity contribution in [3.05, 3.63) is 94.8 Å². The first kappa shape index (κ1) is 17.9. The summed E-state index contributed by atoms with van der Waals surface area (Å²) in [4.78, 5) is 9.24. The van der Waals surface area contributed by atoms with Gasteiger partial charge in [-0.15, -0.1) is 0 Å². The van der Waals surface area contributed by atoms with Crippen LogP contribution in [0.25, 0.3) is 28.3 Å². The fourth-order valence-corrected chi connectivity index (χ4v) is 3.96.